The molecule has 4 heterocycles. The lowest BCUT2D eigenvalue weighted by Crippen LogP contribution is -2.38. The van der Waals surface area contributed by atoms with Crippen LogP contribution in [0.3, 0.4) is 0 Å². The first kappa shape index (κ1) is 20.8. The van der Waals surface area contributed by atoms with Gasteiger partial charge in [-0.25, -0.2) is 9.97 Å². The minimum absolute atomic E-state index is 0.0964. The molecule has 8 heteroatoms. The average Bonchev–Trinajstić information content (AvgIpc) is 3.05. The first-order chi connectivity index (χ1) is 14.2. The molecule has 1 saturated heterocycles. The van der Waals surface area contributed by atoms with Crippen LogP contribution in [0.5, 0.6) is 0 Å². The summed E-state index contributed by atoms with van der Waals surface area (Å²) in [5.41, 5.74) is 2.51. The molecule has 5 nitrogen and oxygen atoms in total. The molecule has 3 aromatic rings. The summed E-state index contributed by atoms with van der Waals surface area (Å²) in [5.74, 6) is 0.883. The predicted molar refractivity (Wildman–Crippen MR) is 107 cm³/mol. The third kappa shape index (κ3) is 4.48. The van der Waals surface area contributed by atoms with Crippen LogP contribution < -0.4 is 0 Å². The van der Waals surface area contributed by atoms with Gasteiger partial charge in [0.05, 0.1) is 5.69 Å². The number of alkyl halides is 3. The summed E-state index contributed by atoms with van der Waals surface area (Å²) in [7, 11) is 0. The molecule has 4 rings (SSSR count). The predicted octanol–water partition coefficient (Wildman–Crippen LogP) is 5.27. The lowest BCUT2D eigenvalue weighted by molar-refractivity contribution is -0.141. The maximum Gasteiger partial charge on any atom is 0.433 e. The molecule has 0 radical (unpaired) electrons. The molecule has 2 atom stereocenters. The van der Waals surface area contributed by atoms with E-state index in [0.717, 1.165) is 31.6 Å². The fraction of sp³-hybridized carbons (Fsp3) is 0.500. The highest BCUT2D eigenvalue weighted by Crippen LogP contribution is 2.31. The molecule has 0 N–H and O–H groups in total. The summed E-state index contributed by atoms with van der Waals surface area (Å²) >= 11 is 0. The van der Waals surface area contributed by atoms with E-state index in [0.29, 0.717) is 40.7 Å². The second-order valence-electron chi connectivity index (χ2n) is 8.17. The van der Waals surface area contributed by atoms with E-state index in [9.17, 15) is 13.2 Å². The van der Waals surface area contributed by atoms with Gasteiger partial charge in [0.1, 0.15) is 5.69 Å². The maximum atomic E-state index is 13.1. The van der Waals surface area contributed by atoms with Crippen molar-refractivity contribution in [2.45, 2.75) is 52.3 Å². The summed E-state index contributed by atoms with van der Waals surface area (Å²) in [6.07, 6.45) is -1.79. The Hall–Kier alpha value is -2.48. The van der Waals surface area contributed by atoms with Gasteiger partial charge in [0.2, 0.25) is 0 Å². The van der Waals surface area contributed by atoms with Gasteiger partial charge in [0.15, 0.2) is 17.1 Å². The van der Waals surface area contributed by atoms with Crippen LogP contribution >= 0.6 is 0 Å². The molecule has 1 aliphatic heterocycles. The quantitative estimate of drug-likeness (QED) is 0.578. The van der Waals surface area contributed by atoms with E-state index >= 15 is 0 Å². The van der Waals surface area contributed by atoms with Crippen molar-refractivity contribution in [2.75, 3.05) is 13.1 Å². The van der Waals surface area contributed by atoms with Gasteiger partial charge in [0.25, 0.3) is 0 Å². The minimum Gasteiger partial charge on any atom is -0.439 e. The van der Waals surface area contributed by atoms with Crippen molar-refractivity contribution >= 4 is 11.2 Å². The van der Waals surface area contributed by atoms with Crippen molar-refractivity contribution in [3.8, 4) is 0 Å². The van der Waals surface area contributed by atoms with Crippen LogP contribution in [0.1, 0.15) is 54.3 Å². The fourth-order valence-corrected chi connectivity index (χ4v) is 4.31. The van der Waals surface area contributed by atoms with Crippen molar-refractivity contribution in [2.24, 2.45) is 5.92 Å². The van der Waals surface area contributed by atoms with E-state index in [2.05, 4.69) is 26.8 Å². The van der Waals surface area contributed by atoms with Crippen LogP contribution in [0.2, 0.25) is 0 Å². The molecule has 0 saturated carbocycles. The van der Waals surface area contributed by atoms with E-state index in [4.69, 9.17) is 4.42 Å². The second kappa shape index (κ2) is 7.98. The molecular weight excluding hydrogens is 393 g/mol. The molecule has 30 heavy (non-hydrogen) atoms. The van der Waals surface area contributed by atoms with Crippen molar-refractivity contribution in [3.63, 3.8) is 0 Å². The number of hydrogen-bond donors (Lipinski definition) is 0. The van der Waals surface area contributed by atoms with Gasteiger partial charge in [-0.3, -0.25) is 4.90 Å². The Labute approximate surface area is 173 Å². The van der Waals surface area contributed by atoms with Gasteiger partial charge in [-0.1, -0.05) is 0 Å². The summed E-state index contributed by atoms with van der Waals surface area (Å²) in [4.78, 5) is 15.0. The standard InChI is InChI=1S/C22H25F3N4O/c1-13-9-17(11-20(26-13)22(23,24)25)10-16-5-4-8-29(12-16)14(2)18-6-7-19-21(28-18)27-15(3)30-19/h6-7,9,11,14,16H,4-5,8,10,12H2,1-3H3/t14-,16+/m0/s1. The zero-order valence-electron chi connectivity index (χ0n) is 17.3. The minimum atomic E-state index is -4.42. The van der Waals surface area contributed by atoms with Crippen LogP contribution in [-0.2, 0) is 12.6 Å². The van der Waals surface area contributed by atoms with Crippen LogP contribution in [0, 0.1) is 19.8 Å². The number of aryl methyl sites for hydroxylation is 2. The van der Waals surface area contributed by atoms with Crippen LogP contribution in [-0.4, -0.2) is 32.9 Å². The number of piperidine rings is 1. The monoisotopic (exact) mass is 418 g/mol. The third-order valence-electron chi connectivity index (χ3n) is 5.74. The zero-order valence-corrected chi connectivity index (χ0v) is 17.3. The lowest BCUT2D eigenvalue weighted by atomic mass is 9.90. The molecule has 0 bridgehead atoms. The topological polar surface area (TPSA) is 55.1 Å². The molecule has 160 valence electrons. The highest BCUT2D eigenvalue weighted by atomic mass is 19.4. The Morgan fingerprint density at radius 1 is 1.17 bits per heavy atom. The SMILES string of the molecule is Cc1cc(C[C@H]2CCCN([C@@H](C)c3ccc4oc(C)nc4n3)C2)cc(C(F)(F)F)n1. The molecule has 1 fully saturated rings. The number of oxazole rings is 1. The van der Waals surface area contributed by atoms with Gasteiger partial charge in [-0.05, 0) is 75.4 Å². The maximum absolute atomic E-state index is 13.1. The Morgan fingerprint density at radius 3 is 2.73 bits per heavy atom. The normalized spacial score (nSPS) is 19.3. The van der Waals surface area contributed by atoms with Crippen LogP contribution in [0.15, 0.2) is 28.7 Å². The van der Waals surface area contributed by atoms with Gasteiger partial charge in [0, 0.05) is 25.2 Å². The molecule has 3 aromatic heterocycles. The number of pyridine rings is 2. The van der Waals surface area contributed by atoms with Crippen molar-refractivity contribution in [3.05, 3.63) is 52.8 Å². The Balaban J connectivity index is 1.48. The van der Waals surface area contributed by atoms with Gasteiger partial charge in [-0.15, -0.1) is 0 Å². The van der Waals surface area contributed by atoms with E-state index in [1.165, 1.54) is 6.07 Å². The number of nitrogens with zero attached hydrogens (tertiary/aromatic N) is 4. The number of halogens is 3. The first-order valence-corrected chi connectivity index (χ1v) is 10.2. The van der Waals surface area contributed by atoms with Gasteiger partial charge < -0.3 is 4.42 Å². The summed E-state index contributed by atoms with van der Waals surface area (Å²) in [6, 6.07) is 6.91. The van der Waals surface area contributed by atoms with Crippen molar-refractivity contribution < 1.29 is 17.6 Å². The number of hydrogen-bond acceptors (Lipinski definition) is 5. The Bertz CT molecular complexity index is 1050. The molecule has 0 aromatic carbocycles. The van der Waals surface area contributed by atoms with Gasteiger partial charge >= 0.3 is 6.18 Å². The Morgan fingerprint density at radius 2 is 1.97 bits per heavy atom. The van der Waals surface area contributed by atoms with E-state index in [1.807, 2.05) is 12.1 Å². The first-order valence-electron chi connectivity index (χ1n) is 10.2. The van der Waals surface area contributed by atoms with E-state index < -0.39 is 11.9 Å². The average molecular weight is 418 g/mol. The molecule has 1 aliphatic rings. The van der Waals surface area contributed by atoms with E-state index in [-0.39, 0.29) is 6.04 Å². The highest BCUT2D eigenvalue weighted by Gasteiger charge is 2.33. The number of fused-ring (bicyclic) bond motifs is 1. The Kier molecular flexibility index (Phi) is 5.53. The number of rotatable bonds is 4. The largest absolute Gasteiger partial charge is 0.439 e. The van der Waals surface area contributed by atoms with Crippen molar-refractivity contribution in [1.29, 1.82) is 0 Å². The van der Waals surface area contributed by atoms with Crippen LogP contribution in [0.4, 0.5) is 13.2 Å². The van der Waals surface area contributed by atoms with E-state index in [1.54, 1.807) is 19.9 Å². The molecule has 0 unspecified atom stereocenters. The molecule has 0 aliphatic carbocycles. The smallest absolute Gasteiger partial charge is 0.433 e. The number of likely N-dealkylation sites (tertiary alicyclic amines) is 1. The summed E-state index contributed by atoms with van der Waals surface area (Å²) in [5, 5.41) is 0. The second-order valence-corrected chi connectivity index (χ2v) is 8.17. The van der Waals surface area contributed by atoms with Gasteiger partial charge in [-0.2, -0.15) is 18.2 Å². The van der Waals surface area contributed by atoms with Crippen LogP contribution in [0.25, 0.3) is 11.2 Å². The molecular formula is C22H25F3N4O. The molecule has 0 amide bonds. The lowest BCUT2D eigenvalue weighted by Gasteiger charge is -2.36. The third-order valence-corrected chi connectivity index (χ3v) is 5.74. The highest BCUT2D eigenvalue weighted by molar-refractivity contribution is 5.67. The molecule has 0 spiro atoms. The summed E-state index contributed by atoms with van der Waals surface area (Å²) < 4.78 is 44.8. The fourth-order valence-electron chi connectivity index (χ4n) is 4.31. The number of aromatic nitrogens is 3. The summed E-state index contributed by atoms with van der Waals surface area (Å²) in [6.45, 7) is 7.29. The van der Waals surface area contributed by atoms with Crippen molar-refractivity contribution in [1.82, 2.24) is 19.9 Å². The zero-order chi connectivity index (χ0) is 21.5.